The minimum atomic E-state index is -0.912. The quantitative estimate of drug-likeness (QED) is 0.216. The lowest BCUT2D eigenvalue weighted by Gasteiger charge is -2.31. The smallest absolute Gasteiger partial charge is 0.319 e. The van der Waals surface area contributed by atoms with Gasteiger partial charge in [-0.25, -0.2) is 13.2 Å². The first-order valence-corrected chi connectivity index (χ1v) is 15.6. The van der Waals surface area contributed by atoms with E-state index in [2.05, 4.69) is 31.0 Å². The molecule has 47 heavy (non-hydrogen) atoms. The minimum absolute atomic E-state index is 0.00379. The van der Waals surface area contributed by atoms with Gasteiger partial charge in [-0.05, 0) is 54.8 Å². The molecule has 8 rings (SSSR count). The van der Waals surface area contributed by atoms with Crippen molar-refractivity contribution in [3.63, 3.8) is 0 Å². The first kappa shape index (κ1) is 31.0. The van der Waals surface area contributed by atoms with Crippen LogP contribution in [0.3, 0.4) is 0 Å². The third kappa shape index (κ3) is 5.35. The summed E-state index contributed by atoms with van der Waals surface area (Å²) in [5.41, 5.74) is -0.457. The average molecular weight is 647 g/mol. The number of ether oxygens (including phenoxy) is 1. The van der Waals surface area contributed by atoms with Gasteiger partial charge >= 0.3 is 6.01 Å². The monoisotopic (exact) mass is 646 g/mol. The van der Waals surface area contributed by atoms with Gasteiger partial charge in [0, 0.05) is 56.3 Å². The standard InChI is InChI=1S/C33H31F3N6O2.CH2O2/c1-2-23-26(35)5-4-18-8-22(43)9-24(27(18)23)29-28(36)30-25(13-38-29)31(41-14-19-11-37-12-20(19)15-41)40-32(39-30)44-17-33-6-3-7-42(33)16-21(34)10-33;2-1-3/h1,4-5,8-9,13,19-21,37,43H,3,6-7,10-12,14-17H2;1H,(H,2,3)/t19?,20?,21-,33+;/m1./s1. The van der Waals surface area contributed by atoms with E-state index in [9.17, 15) is 13.9 Å². The van der Waals surface area contributed by atoms with Crippen LogP contribution in [0.4, 0.5) is 19.0 Å². The lowest BCUT2D eigenvalue weighted by atomic mass is 9.95. The van der Waals surface area contributed by atoms with Crippen molar-refractivity contribution < 1.29 is 32.9 Å². The van der Waals surface area contributed by atoms with Gasteiger partial charge in [0.2, 0.25) is 0 Å². The van der Waals surface area contributed by atoms with Gasteiger partial charge in [0.05, 0.1) is 16.5 Å². The van der Waals surface area contributed by atoms with Gasteiger partial charge in [-0.1, -0.05) is 12.0 Å². The lowest BCUT2D eigenvalue weighted by molar-refractivity contribution is -0.122. The van der Waals surface area contributed by atoms with E-state index in [1.54, 1.807) is 0 Å². The Morgan fingerprint density at radius 3 is 2.68 bits per heavy atom. The summed E-state index contributed by atoms with van der Waals surface area (Å²) < 4.78 is 52.1. The van der Waals surface area contributed by atoms with Gasteiger partial charge in [-0.3, -0.25) is 14.7 Å². The highest BCUT2D eigenvalue weighted by molar-refractivity contribution is 6.03. The number of aromatic nitrogens is 3. The summed E-state index contributed by atoms with van der Waals surface area (Å²) in [6, 6.07) is 5.49. The van der Waals surface area contributed by atoms with Gasteiger partial charge in [0.1, 0.15) is 41.4 Å². The largest absolute Gasteiger partial charge is 0.508 e. The Hall–Kier alpha value is -4.67. The van der Waals surface area contributed by atoms with Crippen molar-refractivity contribution in [3.05, 3.63) is 47.7 Å². The fourth-order valence-corrected chi connectivity index (χ4v) is 7.94. The van der Waals surface area contributed by atoms with Crippen molar-refractivity contribution in [1.29, 1.82) is 0 Å². The number of nitrogens with zero attached hydrogens (tertiary/aromatic N) is 5. The first-order valence-electron chi connectivity index (χ1n) is 15.6. The van der Waals surface area contributed by atoms with E-state index in [1.165, 1.54) is 30.5 Å². The summed E-state index contributed by atoms with van der Waals surface area (Å²) in [6.45, 7) is 4.47. The van der Waals surface area contributed by atoms with E-state index in [-0.39, 0.29) is 52.6 Å². The van der Waals surface area contributed by atoms with E-state index in [1.807, 2.05) is 0 Å². The highest BCUT2D eigenvalue weighted by atomic mass is 19.1. The molecule has 0 bridgehead atoms. The van der Waals surface area contributed by atoms with E-state index in [0.717, 1.165) is 45.6 Å². The molecule has 244 valence electrons. The number of fused-ring (bicyclic) bond motifs is 4. The molecule has 0 radical (unpaired) electrons. The zero-order valence-electron chi connectivity index (χ0n) is 25.4. The molecule has 2 aromatic carbocycles. The Balaban J connectivity index is 0.00000113. The number of carboxylic acid groups (broad SMARTS) is 1. The van der Waals surface area contributed by atoms with Crippen LogP contribution in [0, 0.1) is 35.8 Å². The molecular weight excluding hydrogens is 613 g/mol. The number of hydrogen-bond acceptors (Lipinski definition) is 9. The molecule has 0 spiro atoms. The highest BCUT2D eigenvalue weighted by Gasteiger charge is 2.49. The SMILES string of the molecule is C#Cc1c(F)ccc2cc(O)cc(-c3ncc4c(N5CC6CNCC6C5)nc(OC[C@@]56CCCN5C[C@H](F)C6)nc4c3F)c12.O=CO. The van der Waals surface area contributed by atoms with E-state index in [0.29, 0.717) is 41.4 Å². The number of carbonyl (C=O) groups is 1. The topological polar surface area (TPSA) is 124 Å². The number of aromatic hydroxyl groups is 1. The summed E-state index contributed by atoms with van der Waals surface area (Å²) in [5, 5.41) is 22.0. The lowest BCUT2D eigenvalue weighted by Crippen LogP contribution is -2.43. The Labute approximate surface area is 268 Å². The normalized spacial score (nSPS) is 25.0. The molecule has 4 aliphatic rings. The Bertz CT molecular complexity index is 1910. The third-order valence-corrected chi connectivity index (χ3v) is 10.0. The molecule has 4 fully saturated rings. The zero-order valence-corrected chi connectivity index (χ0v) is 25.4. The molecule has 13 heteroatoms. The van der Waals surface area contributed by atoms with Gasteiger partial charge < -0.3 is 25.2 Å². The molecule has 4 saturated heterocycles. The minimum Gasteiger partial charge on any atom is -0.508 e. The number of nitrogens with one attached hydrogen (secondary N) is 1. The van der Waals surface area contributed by atoms with Crippen molar-refractivity contribution in [2.24, 2.45) is 11.8 Å². The molecule has 0 amide bonds. The zero-order chi connectivity index (χ0) is 32.9. The van der Waals surface area contributed by atoms with Crippen molar-refractivity contribution in [2.75, 3.05) is 50.8 Å². The second kappa shape index (κ2) is 12.2. The predicted molar refractivity (Wildman–Crippen MR) is 169 cm³/mol. The predicted octanol–water partition coefficient (Wildman–Crippen LogP) is 4.12. The number of phenolic OH excluding ortho intramolecular Hbond substituents is 1. The first-order chi connectivity index (χ1) is 22.7. The molecule has 10 nitrogen and oxygen atoms in total. The Kier molecular flexibility index (Phi) is 8.01. The van der Waals surface area contributed by atoms with Crippen LogP contribution in [-0.4, -0.2) is 94.1 Å². The van der Waals surface area contributed by atoms with Crippen LogP contribution < -0.4 is 15.0 Å². The number of hydrogen-bond donors (Lipinski definition) is 3. The Morgan fingerprint density at radius 1 is 1.17 bits per heavy atom. The van der Waals surface area contributed by atoms with Crippen LogP contribution in [0.1, 0.15) is 24.8 Å². The van der Waals surface area contributed by atoms with Crippen LogP contribution in [0.2, 0.25) is 0 Å². The van der Waals surface area contributed by atoms with Crippen LogP contribution in [0.5, 0.6) is 11.8 Å². The summed E-state index contributed by atoms with van der Waals surface area (Å²) in [4.78, 5) is 26.4. The van der Waals surface area contributed by atoms with E-state index >= 15 is 4.39 Å². The van der Waals surface area contributed by atoms with E-state index < -0.39 is 23.3 Å². The maximum atomic E-state index is 16.7. The number of alkyl halides is 1. The fourth-order valence-electron chi connectivity index (χ4n) is 7.94. The number of anilines is 1. The maximum Gasteiger partial charge on any atom is 0.319 e. The van der Waals surface area contributed by atoms with Crippen LogP contribution in [0.15, 0.2) is 30.5 Å². The summed E-state index contributed by atoms with van der Waals surface area (Å²) in [7, 11) is 0. The highest BCUT2D eigenvalue weighted by Crippen LogP contribution is 2.42. The fraction of sp³-hybridized carbons (Fsp3) is 0.412. The van der Waals surface area contributed by atoms with Crippen molar-refractivity contribution in [3.8, 4) is 35.4 Å². The van der Waals surface area contributed by atoms with Crippen molar-refractivity contribution in [1.82, 2.24) is 25.2 Å². The summed E-state index contributed by atoms with van der Waals surface area (Å²) in [5.74, 6) is 2.26. The molecule has 0 saturated carbocycles. The van der Waals surface area contributed by atoms with Gasteiger partial charge in [0.25, 0.3) is 6.47 Å². The number of benzene rings is 2. The van der Waals surface area contributed by atoms with Gasteiger partial charge in [-0.2, -0.15) is 9.97 Å². The number of terminal acetylenes is 1. The molecular formula is C34H33F3N6O4. The third-order valence-electron chi connectivity index (χ3n) is 10.0. The second-order valence-corrected chi connectivity index (χ2v) is 12.7. The molecule has 6 heterocycles. The van der Waals surface area contributed by atoms with Crippen LogP contribution in [0.25, 0.3) is 32.9 Å². The second-order valence-electron chi connectivity index (χ2n) is 12.7. The molecule has 4 atom stereocenters. The molecule has 2 aromatic heterocycles. The maximum absolute atomic E-state index is 16.7. The molecule has 0 aliphatic carbocycles. The molecule has 4 aliphatic heterocycles. The number of pyridine rings is 1. The van der Waals surface area contributed by atoms with Gasteiger partial charge in [0.15, 0.2) is 5.82 Å². The van der Waals surface area contributed by atoms with Crippen molar-refractivity contribution in [2.45, 2.75) is 31.0 Å². The summed E-state index contributed by atoms with van der Waals surface area (Å²) >= 11 is 0. The van der Waals surface area contributed by atoms with Crippen molar-refractivity contribution >= 4 is 34.0 Å². The number of halogens is 3. The molecule has 2 unspecified atom stereocenters. The average Bonchev–Trinajstić information content (AvgIpc) is 3.81. The van der Waals surface area contributed by atoms with Crippen LogP contribution in [-0.2, 0) is 4.79 Å². The summed E-state index contributed by atoms with van der Waals surface area (Å²) in [6.07, 6.45) is 8.44. The van der Waals surface area contributed by atoms with Crippen LogP contribution >= 0.6 is 0 Å². The molecule has 4 aromatic rings. The number of phenols is 1. The van der Waals surface area contributed by atoms with Gasteiger partial charge in [-0.15, -0.1) is 6.42 Å². The molecule has 3 N–H and O–H groups in total. The number of rotatable bonds is 5. The Morgan fingerprint density at radius 2 is 1.94 bits per heavy atom. The van der Waals surface area contributed by atoms with E-state index in [4.69, 9.17) is 26.0 Å².